The number of carboxylic acids is 1. The van der Waals surface area contributed by atoms with Gasteiger partial charge in [0.15, 0.2) is 0 Å². The Bertz CT molecular complexity index is 1080. The second-order valence-corrected chi connectivity index (χ2v) is 11.2. The van der Waals surface area contributed by atoms with E-state index in [0.29, 0.717) is 25.7 Å². The van der Waals surface area contributed by atoms with Crippen molar-refractivity contribution in [2.45, 2.75) is 102 Å². The van der Waals surface area contributed by atoms with Crippen molar-refractivity contribution in [1.29, 1.82) is 0 Å². The number of fused-ring (bicyclic) bond motifs is 2. The molecule has 6 N–H and O–H groups in total. The first-order chi connectivity index (χ1) is 19.2. The molecule has 15 heteroatoms. The zero-order valence-electron chi connectivity index (χ0n) is 23.7. The van der Waals surface area contributed by atoms with Crippen molar-refractivity contribution in [3.63, 3.8) is 0 Å². The van der Waals surface area contributed by atoms with Crippen LogP contribution in [0.3, 0.4) is 0 Å². The van der Waals surface area contributed by atoms with Gasteiger partial charge in [0.1, 0.15) is 36.3 Å². The fourth-order valence-corrected chi connectivity index (χ4v) is 5.44. The Balaban J connectivity index is 2.01. The summed E-state index contributed by atoms with van der Waals surface area (Å²) in [5.41, 5.74) is 0. The molecule has 0 aromatic rings. The molecule has 3 aliphatic rings. The van der Waals surface area contributed by atoms with Crippen LogP contribution in [0.5, 0.6) is 0 Å². The van der Waals surface area contributed by atoms with E-state index in [1.807, 2.05) is 0 Å². The minimum atomic E-state index is -1.64. The molecule has 0 radical (unpaired) electrons. The molecule has 3 aliphatic heterocycles. The Kier molecular flexibility index (Phi) is 10.3. The maximum Gasteiger partial charge on any atom is 0.305 e. The molecule has 0 aromatic carbocycles. The fraction of sp³-hybridized carbons (Fsp3) is 0.731. The highest BCUT2D eigenvalue weighted by Gasteiger charge is 2.45. The molecule has 3 rings (SSSR count). The molecular formula is C26H40N6O9. The average molecular weight is 581 g/mol. The van der Waals surface area contributed by atoms with E-state index in [0.717, 1.165) is 0 Å². The van der Waals surface area contributed by atoms with Crippen LogP contribution in [-0.2, 0) is 33.6 Å². The van der Waals surface area contributed by atoms with Crippen LogP contribution in [0.4, 0.5) is 0 Å². The van der Waals surface area contributed by atoms with Crippen LogP contribution >= 0.6 is 0 Å². The van der Waals surface area contributed by atoms with E-state index in [4.69, 9.17) is 0 Å². The number of carbonyl (C=O) groups is 7. The highest BCUT2D eigenvalue weighted by molar-refractivity contribution is 5.99. The third kappa shape index (κ3) is 7.31. The van der Waals surface area contributed by atoms with Gasteiger partial charge in [-0.2, -0.15) is 0 Å². The molecule has 0 saturated carbocycles. The quantitative estimate of drug-likeness (QED) is 0.206. The molecule has 0 unspecified atom stereocenters. The van der Waals surface area contributed by atoms with Crippen molar-refractivity contribution in [3.05, 3.63) is 0 Å². The molecule has 15 nitrogen and oxygen atoms in total. The average Bonchev–Trinajstić information content (AvgIpc) is 3.58. The first kappa shape index (κ1) is 31.8. The monoisotopic (exact) mass is 580 g/mol. The molecule has 3 fully saturated rings. The number of hydrogen-bond donors (Lipinski definition) is 6. The van der Waals surface area contributed by atoms with Crippen LogP contribution in [0, 0.1) is 5.92 Å². The van der Waals surface area contributed by atoms with Gasteiger partial charge in [-0.25, -0.2) is 0 Å². The highest BCUT2D eigenvalue weighted by Crippen LogP contribution is 2.26. The lowest BCUT2D eigenvalue weighted by Crippen LogP contribution is -2.62. The Labute approximate surface area is 237 Å². The number of nitrogens with zero attached hydrogens (tertiary/aromatic N) is 2. The fourth-order valence-electron chi connectivity index (χ4n) is 5.44. The van der Waals surface area contributed by atoms with Gasteiger partial charge in [-0.15, -0.1) is 0 Å². The zero-order valence-corrected chi connectivity index (χ0v) is 23.7. The first-order valence-electron chi connectivity index (χ1n) is 13.9. The zero-order chi connectivity index (χ0) is 30.6. The van der Waals surface area contributed by atoms with E-state index in [2.05, 4.69) is 21.3 Å². The van der Waals surface area contributed by atoms with Gasteiger partial charge >= 0.3 is 5.97 Å². The normalized spacial score (nSPS) is 31.4. The Morgan fingerprint density at radius 1 is 0.780 bits per heavy atom. The molecule has 41 heavy (non-hydrogen) atoms. The van der Waals surface area contributed by atoms with Crippen molar-refractivity contribution in [2.24, 2.45) is 5.92 Å². The number of hydrogen-bond acceptors (Lipinski definition) is 8. The van der Waals surface area contributed by atoms with Gasteiger partial charge in [0, 0.05) is 13.1 Å². The van der Waals surface area contributed by atoms with Crippen LogP contribution in [0.2, 0.25) is 0 Å². The molecule has 0 aliphatic carbocycles. The van der Waals surface area contributed by atoms with E-state index in [9.17, 15) is 43.8 Å². The lowest BCUT2D eigenvalue weighted by Gasteiger charge is -2.34. The molecule has 0 aromatic heterocycles. The van der Waals surface area contributed by atoms with Crippen molar-refractivity contribution in [2.75, 3.05) is 13.1 Å². The summed E-state index contributed by atoms with van der Waals surface area (Å²) in [6.07, 6.45) is -0.587. The molecule has 0 spiro atoms. The number of amides is 6. The van der Waals surface area contributed by atoms with E-state index in [1.54, 1.807) is 13.8 Å². The predicted octanol–water partition coefficient (Wildman–Crippen LogP) is -2.55. The van der Waals surface area contributed by atoms with Crippen molar-refractivity contribution < 1.29 is 43.8 Å². The molecule has 3 saturated heterocycles. The van der Waals surface area contributed by atoms with E-state index in [1.165, 1.54) is 23.6 Å². The number of aliphatic hydroxyl groups excluding tert-OH is 1. The maximum atomic E-state index is 13.7. The summed E-state index contributed by atoms with van der Waals surface area (Å²) in [6.45, 7) is 6.43. The summed E-state index contributed by atoms with van der Waals surface area (Å²) in [7, 11) is 0. The van der Waals surface area contributed by atoms with E-state index < -0.39 is 96.1 Å². The van der Waals surface area contributed by atoms with Gasteiger partial charge in [-0.05, 0) is 45.4 Å². The van der Waals surface area contributed by atoms with Crippen molar-refractivity contribution in [1.82, 2.24) is 31.1 Å². The number of carboxylic acid groups (broad SMARTS) is 1. The highest BCUT2D eigenvalue weighted by atomic mass is 16.4. The van der Waals surface area contributed by atoms with Gasteiger partial charge in [0.2, 0.25) is 35.4 Å². The van der Waals surface area contributed by atoms with E-state index in [-0.39, 0.29) is 13.1 Å². The molecule has 0 bridgehead atoms. The Morgan fingerprint density at radius 2 is 1.34 bits per heavy atom. The van der Waals surface area contributed by atoms with Crippen LogP contribution in [0.25, 0.3) is 0 Å². The molecule has 3 heterocycles. The van der Waals surface area contributed by atoms with Crippen LogP contribution in [0.1, 0.15) is 59.8 Å². The smallest absolute Gasteiger partial charge is 0.305 e. The topological polar surface area (TPSA) is 215 Å². The SMILES string of the molecule is CC(C)[C@@H]1NC(=O)[C@@H]2CCCN2C(=O)[C@@H]2CCCN2C(=O)[C@H]([C@@H](C)O)NC(=O)[C@H](CC(=O)O)NC(=O)[C@H](C)NC1=O. The summed E-state index contributed by atoms with van der Waals surface area (Å²) < 4.78 is 0. The third-order valence-corrected chi connectivity index (χ3v) is 7.72. The number of rotatable bonds is 4. The predicted molar refractivity (Wildman–Crippen MR) is 142 cm³/mol. The maximum absolute atomic E-state index is 13.7. The number of aliphatic carboxylic acids is 1. The second kappa shape index (κ2) is 13.3. The summed E-state index contributed by atoms with van der Waals surface area (Å²) >= 11 is 0. The minimum absolute atomic E-state index is 0.168. The van der Waals surface area contributed by atoms with Crippen molar-refractivity contribution in [3.8, 4) is 0 Å². The van der Waals surface area contributed by atoms with Crippen LogP contribution in [0.15, 0.2) is 0 Å². The molecule has 6 amide bonds. The van der Waals surface area contributed by atoms with Crippen molar-refractivity contribution >= 4 is 41.4 Å². The van der Waals surface area contributed by atoms with Gasteiger partial charge in [0.05, 0.1) is 12.5 Å². The second-order valence-electron chi connectivity index (χ2n) is 11.2. The lowest BCUT2D eigenvalue weighted by molar-refractivity contribution is -0.150. The Morgan fingerprint density at radius 3 is 1.90 bits per heavy atom. The van der Waals surface area contributed by atoms with Gasteiger partial charge < -0.3 is 41.3 Å². The largest absolute Gasteiger partial charge is 0.481 e. The summed E-state index contributed by atoms with van der Waals surface area (Å²) in [6, 6.07) is -7.26. The Hall–Kier alpha value is -3.75. The van der Waals surface area contributed by atoms with E-state index >= 15 is 0 Å². The lowest BCUT2D eigenvalue weighted by atomic mass is 10.0. The van der Waals surface area contributed by atoms with Crippen LogP contribution in [-0.4, -0.2) is 117 Å². The summed E-state index contributed by atoms with van der Waals surface area (Å²) in [5.74, 6) is -6.11. The minimum Gasteiger partial charge on any atom is -0.481 e. The van der Waals surface area contributed by atoms with Gasteiger partial charge in [-0.3, -0.25) is 33.6 Å². The number of nitrogens with one attached hydrogen (secondary N) is 4. The van der Waals surface area contributed by atoms with Gasteiger partial charge in [-0.1, -0.05) is 13.8 Å². The van der Waals surface area contributed by atoms with Gasteiger partial charge in [0.25, 0.3) is 0 Å². The van der Waals surface area contributed by atoms with Crippen LogP contribution < -0.4 is 21.3 Å². The first-order valence-corrected chi connectivity index (χ1v) is 13.9. The molecule has 7 atom stereocenters. The summed E-state index contributed by atoms with van der Waals surface area (Å²) in [4.78, 5) is 93.8. The number of aliphatic hydroxyl groups is 1. The third-order valence-electron chi connectivity index (χ3n) is 7.72. The standard InChI is InChI=1S/C26H40N6O9/c1-12(2)19-24(39)27-13(3)21(36)28-15(11-18(34)35)22(37)30-20(14(4)33)26(41)32-10-6-8-17(32)25(40)31-9-5-7-16(31)23(38)29-19/h12-17,19-20,33H,5-11H2,1-4H3,(H,27,39)(H,28,36)(H,29,38)(H,30,37)(H,34,35)/t13-,14+,15-,16-,17-,19-,20-/m0/s1. The summed E-state index contributed by atoms with van der Waals surface area (Å²) in [5, 5.41) is 29.5. The molecular weight excluding hydrogens is 540 g/mol. The number of carbonyl (C=O) groups excluding carboxylic acids is 6. The molecule has 228 valence electrons.